The van der Waals surface area contributed by atoms with Crippen molar-refractivity contribution in [3.63, 3.8) is 0 Å². The second-order valence-electron chi connectivity index (χ2n) is 7.12. The van der Waals surface area contributed by atoms with Crippen molar-refractivity contribution >= 4 is 0 Å². The van der Waals surface area contributed by atoms with Crippen molar-refractivity contribution < 1.29 is 0 Å². The lowest BCUT2D eigenvalue weighted by Crippen LogP contribution is -2.38. The highest BCUT2D eigenvalue weighted by atomic mass is 16.1. The Labute approximate surface area is 158 Å². The maximum absolute atomic E-state index is 12.2. The van der Waals surface area contributed by atoms with E-state index in [-0.39, 0.29) is 5.56 Å². The molecule has 4 rings (SSSR count). The summed E-state index contributed by atoms with van der Waals surface area (Å²) in [4.78, 5) is 18.7. The third kappa shape index (κ3) is 3.98. The second-order valence-corrected chi connectivity index (χ2v) is 7.12. The number of benzene rings is 1. The van der Waals surface area contributed by atoms with Gasteiger partial charge in [0.05, 0.1) is 0 Å². The summed E-state index contributed by atoms with van der Waals surface area (Å²) < 4.78 is 3.14. The van der Waals surface area contributed by atoms with Crippen LogP contribution in [0.15, 0.2) is 59.9 Å². The Hall–Kier alpha value is -2.80. The average Bonchev–Trinajstić information content (AvgIpc) is 3.25. The summed E-state index contributed by atoms with van der Waals surface area (Å²) in [7, 11) is 0. The Bertz CT molecular complexity index is 913. The number of piperidine rings is 1. The van der Waals surface area contributed by atoms with Crippen LogP contribution in [0.1, 0.15) is 31.4 Å². The summed E-state index contributed by atoms with van der Waals surface area (Å²) in [5.74, 6) is 1.07. The third-order valence-electron chi connectivity index (χ3n) is 5.42. The largest absolute Gasteiger partial charge is 0.297 e. The van der Waals surface area contributed by atoms with Gasteiger partial charge in [-0.15, -0.1) is 5.10 Å². The van der Waals surface area contributed by atoms with Crippen LogP contribution in [0.25, 0.3) is 5.82 Å². The van der Waals surface area contributed by atoms with E-state index in [0.717, 1.165) is 25.9 Å². The summed E-state index contributed by atoms with van der Waals surface area (Å²) in [6, 6.07) is 14.3. The van der Waals surface area contributed by atoms with E-state index in [4.69, 9.17) is 0 Å². The molecule has 0 saturated carbocycles. The molecule has 1 unspecified atom stereocenters. The maximum atomic E-state index is 12.2. The zero-order valence-electron chi connectivity index (χ0n) is 15.5. The fourth-order valence-corrected chi connectivity index (χ4v) is 3.73. The maximum Gasteiger partial charge on any atom is 0.266 e. The zero-order valence-corrected chi connectivity index (χ0v) is 15.5. The van der Waals surface area contributed by atoms with Gasteiger partial charge in [-0.1, -0.05) is 30.3 Å². The van der Waals surface area contributed by atoms with Crippen LogP contribution in [0.5, 0.6) is 0 Å². The van der Waals surface area contributed by atoms with E-state index >= 15 is 0 Å². The number of hydrogen-bond donors (Lipinski definition) is 0. The zero-order chi connectivity index (χ0) is 18.6. The molecule has 0 radical (unpaired) electrons. The smallest absolute Gasteiger partial charge is 0.266 e. The van der Waals surface area contributed by atoms with E-state index < -0.39 is 0 Å². The Morgan fingerprint density at radius 3 is 2.59 bits per heavy atom. The lowest BCUT2D eigenvalue weighted by molar-refractivity contribution is 0.131. The van der Waals surface area contributed by atoms with Crippen molar-refractivity contribution in [1.29, 1.82) is 0 Å². The van der Waals surface area contributed by atoms with Crippen LogP contribution in [0.3, 0.4) is 0 Å². The molecule has 27 heavy (non-hydrogen) atoms. The van der Waals surface area contributed by atoms with Crippen LogP contribution in [-0.4, -0.2) is 42.5 Å². The van der Waals surface area contributed by atoms with Gasteiger partial charge in [-0.3, -0.25) is 9.69 Å². The van der Waals surface area contributed by atoms with E-state index in [1.807, 2.05) is 0 Å². The summed E-state index contributed by atoms with van der Waals surface area (Å²) in [6.45, 7) is 4.99. The van der Waals surface area contributed by atoms with Crippen LogP contribution < -0.4 is 5.56 Å². The summed E-state index contributed by atoms with van der Waals surface area (Å²) in [5.41, 5.74) is 1.29. The van der Waals surface area contributed by atoms with Crippen molar-refractivity contribution in [2.45, 2.75) is 32.4 Å². The number of hydrogen-bond acceptors (Lipinski definition) is 5. The van der Waals surface area contributed by atoms with E-state index in [1.165, 1.54) is 11.9 Å². The van der Waals surface area contributed by atoms with Crippen molar-refractivity contribution in [2.24, 2.45) is 5.92 Å². The first-order chi connectivity index (χ1) is 13.2. The van der Waals surface area contributed by atoms with Crippen molar-refractivity contribution in [1.82, 2.24) is 29.4 Å². The van der Waals surface area contributed by atoms with Crippen LogP contribution in [0.4, 0.5) is 0 Å². The highest BCUT2D eigenvalue weighted by molar-refractivity contribution is 5.18. The van der Waals surface area contributed by atoms with Crippen molar-refractivity contribution in [3.05, 3.63) is 71.0 Å². The molecule has 140 valence electrons. The minimum absolute atomic E-state index is 0.0704. The van der Waals surface area contributed by atoms with Gasteiger partial charge < -0.3 is 0 Å². The van der Waals surface area contributed by atoms with Gasteiger partial charge in [0.2, 0.25) is 0 Å². The predicted octanol–water partition coefficient (Wildman–Crippen LogP) is 2.30. The molecule has 1 aromatic carbocycles. The molecule has 3 heterocycles. The lowest BCUT2D eigenvalue weighted by Gasteiger charge is -2.36. The third-order valence-corrected chi connectivity index (χ3v) is 5.42. The molecule has 0 aliphatic carbocycles. The molecular formula is C20H24N6O. The molecule has 1 aliphatic rings. The Morgan fingerprint density at radius 2 is 1.89 bits per heavy atom. The highest BCUT2D eigenvalue weighted by Gasteiger charge is 2.24. The number of likely N-dealkylation sites (tertiary alicyclic amines) is 1. The summed E-state index contributed by atoms with van der Waals surface area (Å²) in [6.07, 6.45) is 5.18. The molecule has 0 amide bonds. The quantitative estimate of drug-likeness (QED) is 0.695. The first kappa shape index (κ1) is 17.6. The van der Waals surface area contributed by atoms with E-state index in [0.29, 0.717) is 24.3 Å². The molecule has 7 nitrogen and oxygen atoms in total. The average molecular weight is 364 g/mol. The van der Waals surface area contributed by atoms with Gasteiger partial charge in [0, 0.05) is 18.7 Å². The first-order valence-corrected chi connectivity index (χ1v) is 9.43. The lowest BCUT2D eigenvalue weighted by atomic mass is 9.94. The Morgan fingerprint density at radius 1 is 1.11 bits per heavy atom. The molecule has 1 atom stereocenters. The van der Waals surface area contributed by atoms with E-state index in [2.05, 4.69) is 57.3 Å². The van der Waals surface area contributed by atoms with Gasteiger partial charge >= 0.3 is 0 Å². The highest BCUT2D eigenvalue weighted by Crippen LogP contribution is 2.26. The molecule has 3 aromatic rings. The van der Waals surface area contributed by atoms with Gasteiger partial charge in [-0.25, -0.2) is 14.3 Å². The standard InChI is InChI=1S/C20H24N6O/c1-16(18-5-3-2-4-6-18)24-11-9-17(10-12-24)13-25-20(27)8-7-19(23-25)26-15-21-14-22-26/h2-8,14-17H,9-13H2,1H3. The van der Waals surface area contributed by atoms with Gasteiger partial charge in [-0.05, 0) is 50.4 Å². The number of rotatable bonds is 5. The molecule has 2 aromatic heterocycles. The molecule has 1 saturated heterocycles. The topological polar surface area (TPSA) is 68.8 Å². The van der Waals surface area contributed by atoms with Gasteiger partial charge in [-0.2, -0.15) is 5.10 Å². The van der Waals surface area contributed by atoms with Crippen molar-refractivity contribution in [3.8, 4) is 5.82 Å². The summed E-state index contributed by atoms with van der Waals surface area (Å²) in [5, 5.41) is 8.54. The predicted molar refractivity (Wildman–Crippen MR) is 103 cm³/mol. The van der Waals surface area contributed by atoms with Crippen LogP contribution >= 0.6 is 0 Å². The Kier molecular flexibility index (Phi) is 5.11. The van der Waals surface area contributed by atoms with Crippen LogP contribution in [0.2, 0.25) is 0 Å². The number of aromatic nitrogens is 5. The minimum Gasteiger partial charge on any atom is -0.297 e. The summed E-state index contributed by atoms with van der Waals surface area (Å²) >= 11 is 0. The molecule has 1 fully saturated rings. The fourth-order valence-electron chi connectivity index (χ4n) is 3.73. The van der Waals surface area contributed by atoms with Crippen molar-refractivity contribution in [2.75, 3.05) is 13.1 Å². The van der Waals surface area contributed by atoms with Crippen LogP contribution in [-0.2, 0) is 6.54 Å². The van der Waals surface area contributed by atoms with Crippen LogP contribution in [0, 0.1) is 5.92 Å². The first-order valence-electron chi connectivity index (χ1n) is 9.43. The van der Waals surface area contributed by atoms with Gasteiger partial charge in [0.15, 0.2) is 5.82 Å². The molecule has 1 aliphatic heterocycles. The Balaban J connectivity index is 1.40. The van der Waals surface area contributed by atoms with E-state index in [1.54, 1.807) is 27.8 Å². The molecule has 0 spiro atoms. The number of nitrogens with zero attached hydrogens (tertiary/aromatic N) is 6. The molecule has 0 N–H and O–H groups in total. The molecule has 0 bridgehead atoms. The molecular weight excluding hydrogens is 340 g/mol. The van der Waals surface area contributed by atoms with Gasteiger partial charge in [0.1, 0.15) is 12.7 Å². The SMILES string of the molecule is CC(c1ccccc1)N1CCC(Cn2nc(-n3cncn3)ccc2=O)CC1. The van der Waals surface area contributed by atoms with Gasteiger partial charge in [0.25, 0.3) is 5.56 Å². The fraction of sp³-hybridized carbons (Fsp3) is 0.400. The molecule has 7 heteroatoms. The second kappa shape index (κ2) is 7.84. The minimum atomic E-state index is -0.0704. The van der Waals surface area contributed by atoms with E-state index in [9.17, 15) is 4.79 Å². The normalized spacial score (nSPS) is 17.1. The monoisotopic (exact) mass is 364 g/mol.